The van der Waals surface area contributed by atoms with Crippen LogP contribution in [-0.2, 0) is 0 Å². The van der Waals surface area contributed by atoms with Gasteiger partial charge in [0.1, 0.15) is 11.4 Å². The van der Waals surface area contributed by atoms with Crippen molar-refractivity contribution in [2.75, 3.05) is 17.7 Å². The number of pyridine rings is 1. The van der Waals surface area contributed by atoms with Crippen LogP contribution in [0.5, 0.6) is 11.6 Å². The molecule has 3 aromatic heterocycles. The molecule has 3 heterocycles. The molecule has 0 aliphatic rings. The van der Waals surface area contributed by atoms with Crippen LogP contribution in [0.1, 0.15) is 0 Å². The molecule has 8 nitrogen and oxygen atoms in total. The molecule has 0 radical (unpaired) electrons. The summed E-state index contributed by atoms with van der Waals surface area (Å²) < 4.78 is 33.4. The number of halogens is 2. The number of fused-ring (bicyclic) bond motifs is 1. The van der Waals surface area contributed by atoms with Gasteiger partial charge in [-0.25, -0.2) is 23.7 Å². The molecule has 0 bridgehead atoms. The number of aromatic nitrogens is 5. The van der Waals surface area contributed by atoms with E-state index in [0.29, 0.717) is 40.3 Å². The summed E-state index contributed by atoms with van der Waals surface area (Å²) in [7, 11) is 1.75. The van der Waals surface area contributed by atoms with Crippen molar-refractivity contribution in [3.8, 4) is 34.1 Å². The predicted molar refractivity (Wildman–Crippen MR) is 149 cm³/mol. The monoisotopic (exact) mass is 533 g/mol. The number of anilines is 3. The predicted octanol–water partition coefficient (Wildman–Crippen LogP) is 7.00. The Balaban J connectivity index is 1.25. The van der Waals surface area contributed by atoms with Gasteiger partial charge in [-0.05, 0) is 60.7 Å². The van der Waals surface area contributed by atoms with Crippen molar-refractivity contribution in [2.45, 2.75) is 0 Å². The zero-order chi connectivity index (χ0) is 27.5. The number of rotatable bonds is 7. The number of hydrogen-bond donors (Lipinski definition) is 2. The molecule has 0 spiro atoms. The minimum Gasteiger partial charge on any atom is -0.438 e. The van der Waals surface area contributed by atoms with E-state index in [2.05, 4.69) is 35.8 Å². The van der Waals surface area contributed by atoms with E-state index in [9.17, 15) is 8.78 Å². The normalized spacial score (nSPS) is 10.9. The van der Waals surface area contributed by atoms with Crippen LogP contribution in [0.25, 0.3) is 33.3 Å². The van der Waals surface area contributed by atoms with Crippen molar-refractivity contribution >= 4 is 28.2 Å². The van der Waals surface area contributed by atoms with Crippen LogP contribution in [0.4, 0.5) is 26.2 Å². The van der Waals surface area contributed by atoms with Gasteiger partial charge in [-0.3, -0.25) is 0 Å². The van der Waals surface area contributed by atoms with E-state index in [-0.39, 0.29) is 0 Å². The van der Waals surface area contributed by atoms with Gasteiger partial charge in [-0.15, -0.1) is 10.2 Å². The van der Waals surface area contributed by atoms with Gasteiger partial charge in [0.15, 0.2) is 17.5 Å². The second-order valence-electron chi connectivity index (χ2n) is 8.69. The standard InChI is InChI=1S/C30H21F2N7O/c1-33-30-35-16-14-26(37-30)23-7-4-15-34-29(23)40-20-11-9-19(10-12-20)36-28-22-6-3-2-5-21(22)27(38-39-28)18-8-13-24(31)25(32)17-18/h2-17H,1H3,(H,36,39)(H,33,35,37). The first-order chi connectivity index (χ1) is 19.6. The molecule has 0 amide bonds. The minimum absolute atomic E-state index is 0.411. The molecule has 2 N–H and O–H groups in total. The molecule has 0 atom stereocenters. The van der Waals surface area contributed by atoms with Gasteiger partial charge < -0.3 is 15.4 Å². The van der Waals surface area contributed by atoms with E-state index in [1.165, 1.54) is 6.07 Å². The lowest BCUT2D eigenvalue weighted by Crippen LogP contribution is -2.00. The molecule has 40 heavy (non-hydrogen) atoms. The van der Waals surface area contributed by atoms with Crippen molar-refractivity contribution in [3.63, 3.8) is 0 Å². The summed E-state index contributed by atoms with van der Waals surface area (Å²) in [5.41, 5.74) is 3.06. The second-order valence-corrected chi connectivity index (χ2v) is 8.69. The Morgan fingerprint density at radius 3 is 2.38 bits per heavy atom. The Hall–Kier alpha value is -5.51. The maximum atomic E-state index is 13.9. The molecule has 0 aliphatic carbocycles. The third-order valence-corrected chi connectivity index (χ3v) is 6.14. The lowest BCUT2D eigenvalue weighted by atomic mass is 10.0. The van der Waals surface area contributed by atoms with E-state index in [1.54, 1.807) is 25.5 Å². The van der Waals surface area contributed by atoms with Crippen LogP contribution < -0.4 is 15.4 Å². The van der Waals surface area contributed by atoms with Crippen molar-refractivity contribution in [2.24, 2.45) is 0 Å². The van der Waals surface area contributed by atoms with E-state index < -0.39 is 11.6 Å². The first-order valence-corrected chi connectivity index (χ1v) is 12.3. The van der Waals surface area contributed by atoms with Crippen LogP contribution >= 0.6 is 0 Å². The highest BCUT2D eigenvalue weighted by Gasteiger charge is 2.14. The average Bonchev–Trinajstić information content (AvgIpc) is 3.00. The van der Waals surface area contributed by atoms with Gasteiger partial charge in [-0.2, -0.15) is 0 Å². The lowest BCUT2D eigenvalue weighted by Gasteiger charge is -2.13. The number of hydrogen-bond acceptors (Lipinski definition) is 8. The molecule has 6 rings (SSSR count). The highest BCUT2D eigenvalue weighted by Crippen LogP contribution is 2.33. The topological polar surface area (TPSA) is 97.7 Å². The molecule has 3 aromatic carbocycles. The van der Waals surface area contributed by atoms with Crippen LogP contribution in [0.15, 0.2) is 97.3 Å². The molecule has 6 aromatic rings. The van der Waals surface area contributed by atoms with Crippen molar-refractivity contribution < 1.29 is 13.5 Å². The second kappa shape index (κ2) is 10.7. The fraction of sp³-hybridized carbons (Fsp3) is 0.0333. The molecule has 196 valence electrons. The summed E-state index contributed by atoms with van der Waals surface area (Å²) in [6, 6.07) is 24.0. The van der Waals surface area contributed by atoms with Gasteiger partial charge in [0.25, 0.3) is 0 Å². The number of ether oxygens (including phenoxy) is 1. The number of nitrogens with one attached hydrogen (secondary N) is 2. The summed E-state index contributed by atoms with van der Waals surface area (Å²) >= 11 is 0. The zero-order valence-electron chi connectivity index (χ0n) is 21.1. The molecule has 0 saturated carbocycles. The molecule has 10 heteroatoms. The largest absolute Gasteiger partial charge is 0.438 e. The van der Waals surface area contributed by atoms with E-state index in [1.807, 2.05) is 60.7 Å². The Kier molecular flexibility index (Phi) is 6.63. The summed E-state index contributed by atoms with van der Waals surface area (Å²) in [4.78, 5) is 13.0. The molecule has 0 saturated heterocycles. The Morgan fingerprint density at radius 2 is 1.57 bits per heavy atom. The zero-order valence-corrected chi connectivity index (χ0v) is 21.1. The van der Waals surface area contributed by atoms with E-state index in [4.69, 9.17) is 4.74 Å². The summed E-state index contributed by atoms with van der Waals surface area (Å²) in [6.45, 7) is 0. The smallest absolute Gasteiger partial charge is 0.228 e. The molecule has 0 unspecified atom stereocenters. The fourth-order valence-corrected chi connectivity index (χ4v) is 4.20. The fourth-order valence-electron chi connectivity index (χ4n) is 4.20. The maximum Gasteiger partial charge on any atom is 0.228 e. The van der Waals surface area contributed by atoms with Crippen LogP contribution in [0.2, 0.25) is 0 Å². The van der Waals surface area contributed by atoms with Gasteiger partial charge in [-0.1, -0.05) is 24.3 Å². The third-order valence-electron chi connectivity index (χ3n) is 6.14. The Labute approximate surface area is 227 Å². The molecule has 0 fully saturated rings. The van der Waals surface area contributed by atoms with Gasteiger partial charge >= 0.3 is 0 Å². The van der Waals surface area contributed by atoms with Crippen molar-refractivity contribution in [1.29, 1.82) is 0 Å². The Bertz CT molecular complexity index is 1830. The highest BCUT2D eigenvalue weighted by molar-refractivity contribution is 6.00. The van der Waals surface area contributed by atoms with Gasteiger partial charge in [0, 0.05) is 41.5 Å². The lowest BCUT2D eigenvalue weighted by molar-refractivity contribution is 0.465. The summed E-state index contributed by atoms with van der Waals surface area (Å²) in [6.07, 6.45) is 3.32. The number of benzene rings is 3. The van der Waals surface area contributed by atoms with Gasteiger partial charge in [0.2, 0.25) is 11.8 Å². The summed E-state index contributed by atoms with van der Waals surface area (Å²) in [5, 5.41) is 16.4. The first kappa shape index (κ1) is 24.8. The molecular formula is C30H21F2N7O. The highest BCUT2D eigenvalue weighted by atomic mass is 19.2. The molecular weight excluding hydrogens is 512 g/mol. The third kappa shape index (κ3) is 4.97. The van der Waals surface area contributed by atoms with Crippen LogP contribution in [-0.4, -0.2) is 32.2 Å². The maximum absolute atomic E-state index is 13.9. The van der Waals surface area contributed by atoms with E-state index in [0.717, 1.165) is 34.2 Å². The van der Waals surface area contributed by atoms with Crippen LogP contribution in [0, 0.1) is 11.6 Å². The average molecular weight is 534 g/mol. The molecule has 0 aliphatic heterocycles. The minimum atomic E-state index is -0.939. The number of nitrogens with zero attached hydrogens (tertiary/aromatic N) is 5. The Morgan fingerprint density at radius 1 is 0.750 bits per heavy atom. The summed E-state index contributed by atoms with van der Waals surface area (Å²) in [5.74, 6) is 0.156. The van der Waals surface area contributed by atoms with Crippen molar-refractivity contribution in [1.82, 2.24) is 25.1 Å². The SMILES string of the molecule is CNc1nccc(-c2cccnc2Oc2ccc(Nc3nnc(-c4ccc(F)c(F)c4)c4ccccc34)cc2)n1. The van der Waals surface area contributed by atoms with Crippen LogP contribution in [0.3, 0.4) is 0 Å². The van der Waals surface area contributed by atoms with E-state index >= 15 is 0 Å². The first-order valence-electron chi connectivity index (χ1n) is 12.3. The van der Waals surface area contributed by atoms with Gasteiger partial charge in [0.05, 0.1) is 11.3 Å². The van der Waals surface area contributed by atoms with Crippen molar-refractivity contribution in [3.05, 3.63) is 109 Å². The quantitative estimate of drug-likeness (QED) is 0.226.